The average Bonchev–Trinajstić information content (AvgIpc) is 2.42. The molecular formula is C10H13N3. The van der Waals surface area contributed by atoms with Gasteiger partial charge in [0.2, 0.25) is 0 Å². The zero-order valence-electron chi connectivity index (χ0n) is 7.91. The maximum absolute atomic E-state index is 3.74. The smallest absolute Gasteiger partial charge is 0.0782 e. The molecule has 2 rings (SSSR count). The number of hydrazine groups is 2. The van der Waals surface area contributed by atoms with Crippen molar-refractivity contribution in [2.45, 2.75) is 0 Å². The molecule has 3 heteroatoms. The first-order valence-corrected chi connectivity index (χ1v) is 4.23. The highest BCUT2D eigenvalue weighted by molar-refractivity contribution is 5.75. The molecule has 0 fully saturated rings. The van der Waals surface area contributed by atoms with E-state index >= 15 is 0 Å². The quantitative estimate of drug-likeness (QED) is 0.703. The van der Waals surface area contributed by atoms with Gasteiger partial charge in [-0.05, 0) is 17.7 Å². The van der Waals surface area contributed by atoms with Crippen molar-refractivity contribution < 1.29 is 0 Å². The normalized spacial score (nSPS) is 15.4. The van der Waals surface area contributed by atoms with Crippen LogP contribution < -0.4 is 10.4 Å². The Labute approximate surface area is 78.2 Å². The average molecular weight is 175 g/mol. The Kier molecular flexibility index (Phi) is 1.74. The Morgan fingerprint density at radius 2 is 2.15 bits per heavy atom. The Morgan fingerprint density at radius 1 is 1.38 bits per heavy atom. The van der Waals surface area contributed by atoms with Gasteiger partial charge in [0.25, 0.3) is 0 Å². The molecule has 0 aliphatic carbocycles. The zero-order valence-corrected chi connectivity index (χ0v) is 7.91. The van der Waals surface area contributed by atoms with E-state index in [2.05, 4.69) is 35.2 Å². The highest BCUT2D eigenvalue weighted by Gasteiger charge is 2.19. The molecule has 0 atom stereocenters. The second-order valence-corrected chi connectivity index (χ2v) is 3.14. The predicted molar refractivity (Wildman–Crippen MR) is 56.3 cm³/mol. The van der Waals surface area contributed by atoms with Crippen LogP contribution in [0.15, 0.2) is 24.8 Å². The number of fused-ring (bicyclic) bond motifs is 1. The van der Waals surface area contributed by atoms with Gasteiger partial charge in [-0.1, -0.05) is 18.7 Å². The Morgan fingerprint density at radius 3 is 2.85 bits per heavy atom. The van der Waals surface area contributed by atoms with Gasteiger partial charge in [-0.25, -0.2) is 0 Å². The largest absolute Gasteiger partial charge is 0.299 e. The van der Waals surface area contributed by atoms with E-state index in [1.54, 1.807) is 0 Å². The van der Waals surface area contributed by atoms with Crippen molar-refractivity contribution in [2.75, 3.05) is 24.5 Å². The minimum absolute atomic E-state index is 1.13. The van der Waals surface area contributed by atoms with Crippen LogP contribution in [-0.2, 0) is 0 Å². The number of anilines is 2. The van der Waals surface area contributed by atoms with Crippen LogP contribution in [0.4, 0.5) is 11.4 Å². The second-order valence-electron chi connectivity index (χ2n) is 3.14. The molecule has 3 nitrogen and oxygen atoms in total. The van der Waals surface area contributed by atoms with Crippen LogP contribution in [0.3, 0.4) is 0 Å². The van der Waals surface area contributed by atoms with Crippen LogP contribution in [0.2, 0.25) is 0 Å². The van der Waals surface area contributed by atoms with Gasteiger partial charge in [-0.15, -0.1) is 5.12 Å². The van der Waals surface area contributed by atoms with Gasteiger partial charge in [0.15, 0.2) is 0 Å². The Hall–Kier alpha value is -1.48. The number of rotatable bonds is 1. The van der Waals surface area contributed by atoms with E-state index in [9.17, 15) is 0 Å². The molecule has 0 aromatic heterocycles. The molecule has 0 saturated heterocycles. The molecule has 0 unspecified atom stereocenters. The first-order chi connectivity index (χ1) is 6.22. The Bertz CT molecular complexity index is 346. The number of nitrogens with one attached hydrogen (secondary N) is 1. The van der Waals surface area contributed by atoms with Crippen LogP contribution >= 0.6 is 0 Å². The number of benzene rings is 1. The third-order valence-corrected chi connectivity index (χ3v) is 2.34. The van der Waals surface area contributed by atoms with Crippen molar-refractivity contribution in [1.29, 1.82) is 0 Å². The molecule has 0 amide bonds. The fourth-order valence-corrected chi connectivity index (χ4v) is 1.46. The molecule has 1 aliphatic heterocycles. The van der Waals surface area contributed by atoms with E-state index in [4.69, 9.17) is 0 Å². The molecule has 1 N–H and O–H groups in total. The molecule has 13 heavy (non-hydrogen) atoms. The van der Waals surface area contributed by atoms with E-state index in [1.165, 1.54) is 5.69 Å². The van der Waals surface area contributed by atoms with E-state index in [1.807, 2.05) is 25.3 Å². The van der Waals surface area contributed by atoms with Gasteiger partial charge in [-0.2, -0.15) is 0 Å². The van der Waals surface area contributed by atoms with E-state index in [0.717, 1.165) is 11.3 Å². The van der Waals surface area contributed by atoms with Crippen LogP contribution in [0.25, 0.3) is 6.08 Å². The SMILES string of the molecule is C=Cc1ccc2c(c1)NN(C)N2C. The summed E-state index contributed by atoms with van der Waals surface area (Å²) in [6, 6.07) is 6.23. The maximum atomic E-state index is 3.74. The molecule has 1 aliphatic rings. The number of hydrogen-bond acceptors (Lipinski definition) is 3. The summed E-state index contributed by atoms with van der Waals surface area (Å²) < 4.78 is 0. The second kappa shape index (κ2) is 2.78. The van der Waals surface area contributed by atoms with Crippen molar-refractivity contribution in [2.24, 2.45) is 0 Å². The van der Waals surface area contributed by atoms with Crippen molar-refractivity contribution in [3.05, 3.63) is 30.3 Å². The summed E-state index contributed by atoms with van der Waals surface area (Å²) in [4.78, 5) is 0. The fourth-order valence-electron chi connectivity index (χ4n) is 1.46. The highest BCUT2D eigenvalue weighted by atomic mass is 15.8. The summed E-state index contributed by atoms with van der Waals surface area (Å²) in [7, 11) is 4.00. The Balaban J connectivity index is 2.46. The topological polar surface area (TPSA) is 18.5 Å². The monoisotopic (exact) mass is 175 g/mol. The highest BCUT2D eigenvalue weighted by Crippen LogP contribution is 2.32. The lowest BCUT2D eigenvalue weighted by molar-refractivity contribution is 0.412. The molecular weight excluding hydrogens is 162 g/mol. The molecule has 68 valence electrons. The van der Waals surface area contributed by atoms with Gasteiger partial charge in [-0.3, -0.25) is 10.4 Å². The van der Waals surface area contributed by atoms with Crippen molar-refractivity contribution >= 4 is 17.5 Å². The van der Waals surface area contributed by atoms with Crippen LogP contribution in [0, 0.1) is 0 Å². The van der Waals surface area contributed by atoms with Crippen molar-refractivity contribution in [1.82, 2.24) is 5.12 Å². The van der Waals surface area contributed by atoms with Gasteiger partial charge in [0, 0.05) is 14.1 Å². The van der Waals surface area contributed by atoms with Gasteiger partial charge >= 0.3 is 0 Å². The third kappa shape index (κ3) is 1.17. The summed E-state index contributed by atoms with van der Waals surface area (Å²) in [5, 5.41) is 4.00. The summed E-state index contributed by atoms with van der Waals surface area (Å²) in [6.45, 7) is 3.74. The lowest BCUT2D eigenvalue weighted by Crippen LogP contribution is -2.34. The van der Waals surface area contributed by atoms with E-state index in [0.29, 0.717) is 0 Å². The lowest BCUT2D eigenvalue weighted by atomic mass is 10.2. The minimum Gasteiger partial charge on any atom is -0.299 e. The van der Waals surface area contributed by atoms with Crippen molar-refractivity contribution in [3.63, 3.8) is 0 Å². The molecule has 0 spiro atoms. The minimum atomic E-state index is 1.13. The van der Waals surface area contributed by atoms with E-state index < -0.39 is 0 Å². The standard InChI is InChI=1S/C10H13N3/c1-4-8-5-6-10-9(7-8)11-13(3)12(10)2/h4-7,11H,1H2,2-3H3. The number of nitrogens with zero attached hydrogens (tertiary/aromatic N) is 2. The third-order valence-electron chi connectivity index (χ3n) is 2.34. The van der Waals surface area contributed by atoms with Gasteiger partial charge < -0.3 is 0 Å². The van der Waals surface area contributed by atoms with Crippen LogP contribution in [0.5, 0.6) is 0 Å². The molecule has 0 radical (unpaired) electrons. The molecule has 1 aromatic rings. The zero-order chi connectivity index (χ0) is 9.42. The summed E-state index contributed by atoms with van der Waals surface area (Å²) in [6.07, 6.45) is 1.85. The summed E-state index contributed by atoms with van der Waals surface area (Å²) in [5.74, 6) is 0. The van der Waals surface area contributed by atoms with Crippen LogP contribution in [-0.4, -0.2) is 19.2 Å². The predicted octanol–water partition coefficient (Wildman–Crippen LogP) is 1.95. The van der Waals surface area contributed by atoms with Crippen LogP contribution in [0.1, 0.15) is 5.56 Å². The molecule has 1 aromatic carbocycles. The molecule has 0 saturated carbocycles. The van der Waals surface area contributed by atoms with Gasteiger partial charge in [0.1, 0.15) is 0 Å². The fraction of sp³-hybridized carbons (Fsp3) is 0.200. The number of hydrogen-bond donors (Lipinski definition) is 1. The van der Waals surface area contributed by atoms with Crippen molar-refractivity contribution in [3.8, 4) is 0 Å². The first kappa shape index (κ1) is 8.13. The van der Waals surface area contributed by atoms with E-state index in [-0.39, 0.29) is 0 Å². The van der Waals surface area contributed by atoms with Gasteiger partial charge in [0.05, 0.1) is 11.4 Å². The molecule has 1 heterocycles. The summed E-state index contributed by atoms with van der Waals surface area (Å²) >= 11 is 0. The maximum Gasteiger partial charge on any atom is 0.0782 e. The lowest BCUT2D eigenvalue weighted by Gasteiger charge is -2.19. The molecule has 0 bridgehead atoms. The first-order valence-electron chi connectivity index (χ1n) is 4.23. The summed E-state index contributed by atoms with van der Waals surface area (Å²) in [5.41, 5.74) is 6.68.